The van der Waals surface area contributed by atoms with Crippen molar-refractivity contribution in [3.63, 3.8) is 0 Å². The highest BCUT2D eigenvalue weighted by molar-refractivity contribution is 5.89. The fourth-order valence-corrected chi connectivity index (χ4v) is 4.31. The van der Waals surface area contributed by atoms with Crippen molar-refractivity contribution in [3.8, 4) is 34.7 Å². The molecule has 0 radical (unpaired) electrons. The summed E-state index contributed by atoms with van der Waals surface area (Å²) in [4.78, 5) is 19.5. The van der Waals surface area contributed by atoms with Gasteiger partial charge in [-0.15, -0.1) is 13.2 Å². The quantitative estimate of drug-likeness (QED) is 0.389. The number of hydrogen-bond donors (Lipinski definition) is 2. The lowest BCUT2D eigenvalue weighted by Crippen LogP contribution is -2.31. The standard InChI is InChI=1S/C24H18F3N5O4/c1-34-20(33)10-19-21-16(4-5-29-19)17-9-13(2-3-18(17)30-21)22-31-23(36-32-22)14-6-12(11-28)7-15(8-14)35-24(25,26)27/h2-3,6-9,19,29-30H,4-5,10H2,1H3. The third kappa shape index (κ3) is 4.60. The Morgan fingerprint density at radius 3 is 2.83 bits per heavy atom. The number of fused-ring (bicyclic) bond motifs is 3. The summed E-state index contributed by atoms with van der Waals surface area (Å²) in [5.74, 6) is -0.717. The van der Waals surface area contributed by atoms with Gasteiger partial charge < -0.3 is 24.3 Å². The lowest BCUT2D eigenvalue weighted by atomic mass is 9.97. The molecule has 0 bridgehead atoms. The van der Waals surface area contributed by atoms with Crippen LogP contribution in [0, 0.1) is 11.3 Å². The number of alkyl halides is 3. The van der Waals surface area contributed by atoms with Crippen LogP contribution in [0.15, 0.2) is 40.9 Å². The van der Waals surface area contributed by atoms with Crippen LogP contribution in [-0.4, -0.2) is 41.1 Å². The highest BCUT2D eigenvalue weighted by Crippen LogP contribution is 2.35. The maximum Gasteiger partial charge on any atom is 0.573 e. The lowest BCUT2D eigenvalue weighted by Gasteiger charge is -2.23. The summed E-state index contributed by atoms with van der Waals surface area (Å²) in [6, 6.07) is 10.5. The maximum absolute atomic E-state index is 12.7. The number of hydrogen-bond acceptors (Lipinski definition) is 8. The summed E-state index contributed by atoms with van der Waals surface area (Å²) >= 11 is 0. The first-order valence-electron chi connectivity index (χ1n) is 10.8. The highest BCUT2D eigenvalue weighted by atomic mass is 19.4. The van der Waals surface area contributed by atoms with Gasteiger partial charge in [0.05, 0.1) is 31.2 Å². The van der Waals surface area contributed by atoms with Crippen LogP contribution in [0.5, 0.6) is 5.75 Å². The molecule has 3 heterocycles. The van der Waals surface area contributed by atoms with Crippen molar-refractivity contribution in [1.82, 2.24) is 20.4 Å². The molecular weight excluding hydrogens is 479 g/mol. The van der Waals surface area contributed by atoms with E-state index in [0.29, 0.717) is 12.1 Å². The van der Waals surface area contributed by atoms with Gasteiger partial charge in [-0.3, -0.25) is 4.79 Å². The van der Waals surface area contributed by atoms with Crippen LogP contribution in [0.1, 0.15) is 29.3 Å². The van der Waals surface area contributed by atoms with E-state index < -0.39 is 12.1 Å². The average Bonchev–Trinajstić information content (AvgIpc) is 3.48. The lowest BCUT2D eigenvalue weighted by molar-refractivity contribution is -0.274. The number of methoxy groups -OCH3 is 1. The van der Waals surface area contributed by atoms with E-state index in [1.165, 1.54) is 13.2 Å². The second-order valence-electron chi connectivity index (χ2n) is 8.14. The number of H-pyrrole nitrogens is 1. The van der Waals surface area contributed by atoms with Crippen LogP contribution in [-0.2, 0) is 16.0 Å². The summed E-state index contributed by atoms with van der Waals surface area (Å²) in [6.07, 6.45) is -3.97. The van der Waals surface area contributed by atoms with E-state index >= 15 is 0 Å². The summed E-state index contributed by atoms with van der Waals surface area (Å²) < 4.78 is 52.1. The predicted octanol–water partition coefficient (Wildman–Crippen LogP) is 4.41. The van der Waals surface area contributed by atoms with Crippen molar-refractivity contribution >= 4 is 16.9 Å². The van der Waals surface area contributed by atoms with Gasteiger partial charge in [-0.25, -0.2) is 0 Å². The smallest absolute Gasteiger partial charge is 0.469 e. The number of nitrogens with zero attached hydrogens (tertiary/aromatic N) is 3. The molecule has 0 spiro atoms. The number of nitrogens with one attached hydrogen (secondary N) is 2. The zero-order valence-corrected chi connectivity index (χ0v) is 18.8. The van der Waals surface area contributed by atoms with Gasteiger partial charge in [-0.05, 0) is 54.9 Å². The van der Waals surface area contributed by atoms with E-state index in [9.17, 15) is 23.2 Å². The normalized spacial score (nSPS) is 15.4. The molecule has 0 saturated carbocycles. The monoisotopic (exact) mass is 497 g/mol. The third-order valence-electron chi connectivity index (χ3n) is 5.85. The predicted molar refractivity (Wildman–Crippen MR) is 120 cm³/mol. The first-order valence-corrected chi connectivity index (χ1v) is 10.8. The molecule has 0 fully saturated rings. The Labute approximate surface area is 201 Å². The molecule has 9 nitrogen and oxygen atoms in total. The molecule has 36 heavy (non-hydrogen) atoms. The average molecular weight is 497 g/mol. The number of ether oxygens (including phenoxy) is 2. The Kier molecular flexibility index (Phi) is 5.85. The van der Waals surface area contributed by atoms with Gasteiger partial charge in [0.1, 0.15) is 5.75 Å². The zero-order valence-electron chi connectivity index (χ0n) is 18.8. The van der Waals surface area contributed by atoms with Gasteiger partial charge in [-0.1, -0.05) is 5.16 Å². The molecule has 1 aliphatic heterocycles. The molecule has 4 aromatic rings. The Morgan fingerprint density at radius 1 is 1.25 bits per heavy atom. The molecule has 0 amide bonds. The molecule has 1 aliphatic rings. The molecular formula is C24H18F3N5O4. The molecule has 1 unspecified atom stereocenters. The molecule has 12 heteroatoms. The Bertz CT molecular complexity index is 1500. The zero-order chi connectivity index (χ0) is 25.4. The van der Waals surface area contributed by atoms with Crippen molar-refractivity contribution in [3.05, 3.63) is 53.2 Å². The molecule has 5 rings (SSSR count). The Balaban J connectivity index is 1.48. The Hall–Kier alpha value is -4.37. The van der Waals surface area contributed by atoms with E-state index in [-0.39, 0.29) is 41.3 Å². The van der Waals surface area contributed by atoms with E-state index in [0.717, 1.165) is 40.7 Å². The van der Waals surface area contributed by atoms with E-state index in [2.05, 4.69) is 25.2 Å². The van der Waals surface area contributed by atoms with Gasteiger partial charge in [0.2, 0.25) is 5.82 Å². The van der Waals surface area contributed by atoms with Gasteiger partial charge >= 0.3 is 12.3 Å². The molecule has 0 saturated heterocycles. The summed E-state index contributed by atoms with van der Waals surface area (Å²) in [5, 5.41) is 17.4. The van der Waals surface area contributed by atoms with Crippen molar-refractivity contribution in [1.29, 1.82) is 5.26 Å². The third-order valence-corrected chi connectivity index (χ3v) is 5.85. The number of aromatic amines is 1. The molecule has 184 valence electrons. The number of carbonyl (C=O) groups is 1. The van der Waals surface area contributed by atoms with Crippen LogP contribution in [0.4, 0.5) is 13.2 Å². The van der Waals surface area contributed by atoms with Gasteiger partial charge in [0, 0.05) is 27.7 Å². The highest BCUT2D eigenvalue weighted by Gasteiger charge is 2.32. The van der Waals surface area contributed by atoms with Crippen LogP contribution in [0.3, 0.4) is 0 Å². The first-order chi connectivity index (χ1) is 17.2. The topological polar surface area (TPSA) is 126 Å². The number of rotatable bonds is 5. The molecule has 0 aliphatic carbocycles. The van der Waals surface area contributed by atoms with Gasteiger partial charge in [0.15, 0.2) is 0 Å². The second-order valence-corrected chi connectivity index (χ2v) is 8.14. The number of benzene rings is 2. The molecule has 2 N–H and O–H groups in total. The number of aromatic nitrogens is 3. The molecule has 2 aromatic carbocycles. The number of esters is 1. The van der Waals surface area contributed by atoms with Crippen LogP contribution >= 0.6 is 0 Å². The van der Waals surface area contributed by atoms with Crippen molar-refractivity contribution in [2.24, 2.45) is 0 Å². The van der Waals surface area contributed by atoms with E-state index in [1.807, 2.05) is 12.1 Å². The largest absolute Gasteiger partial charge is 0.573 e. The van der Waals surface area contributed by atoms with Crippen molar-refractivity contribution in [2.75, 3.05) is 13.7 Å². The first kappa shape index (κ1) is 23.4. The molecule has 2 aromatic heterocycles. The fraction of sp³-hybridized carbons (Fsp3) is 0.250. The number of nitriles is 1. The van der Waals surface area contributed by atoms with Gasteiger partial charge in [0.25, 0.3) is 5.89 Å². The minimum Gasteiger partial charge on any atom is -0.469 e. The fourth-order valence-electron chi connectivity index (χ4n) is 4.31. The number of carbonyl (C=O) groups excluding carboxylic acids is 1. The van der Waals surface area contributed by atoms with Crippen molar-refractivity contribution < 1.29 is 32.0 Å². The minimum atomic E-state index is -4.91. The van der Waals surface area contributed by atoms with Crippen LogP contribution in [0.2, 0.25) is 0 Å². The van der Waals surface area contributed by atoms with Gasteiger partial charge in [-0.2, -0.15) is 10.2 Å². The van der Waals surface area contributed by atoms with Crippen LogP contribution < -0.4 is 10.1 Å². The summed E-state index contributed by atoms with van der Waals surface area (Å²) in [6.45, 7) is 0.690. The Morgan fingerprint density at radius 2 is 2.08 bits per heavy atom. The SMILES string of the molecule is COC(=O)CC1NCCc2c1[nH]c1ccc(-c3noc(-c4cc(C#N)cc(OC(F)(F)F)c4)n3)cc21. The van der Waals surface area contributed by atoms with Crippen LogP contribution in [0.25, 0.3) is 33.7 Å². The minimum absolute atomic E-state index is 0.0537. The number of halogens is 3. The summed E-state index contributed by atoms with van der Waals surface area (Å²) in [5.41, 5.74) is 3.55. The maximum atomic E-state index is 12.7. The molecule has 1 atom stereocenters. The van der Waals surface area contributed by atoms with E-state index in [4.69, 9.17) is 9.26 Å². The second kappa shape index (κ2) is 9.01. The van der Waals surface area contributed by atoms with E-state index in [1.54, 1.807) is 12.1 Å². The summed E-state index contributed by atoms with van der Waals surface area (Å²) in [7, 11) is 1.35. The van der Waals surface area contributed by atoms with Crippen molar-refractivity contribution in [2.45, 2.75) is 25.2 Å².